The molecular formula is C17H21N5O. The Hall–Kier alpha value is -2.47. The van der Waals surface area contributed by atoms with Crippen LogP contribution in [0.1, 0.15) is 5.69 Å². The van der Waals surface area contributed by atoms with Gasteiger partial charge in [-0.1, -0.05) is 12.1 Å². The fourth-order valence-electron chi connectivity index (χ4n) is 2.64. The van der Waals surface area contributed by atoms with Crippen LogP contribution in [0.3, 0.4) is 0 Å². The van der Waals surface area contributed by atoms with Gasteiger partial charge in [-0.2, -0.15) is 0 Å². The maximum atomic E-state index is 12.2. The molecule has 2 aromatic rings. The Morgan fingerprint density at radius 1 is 1.00 bits per heavy atom. The predicted molar refractivity (Wildman–Crippen MR) is 89.0 cm³/mol. The number of pyridine rings is 2. The number of carbonyl (C=O) groups is 1. The summed E-state index contributed by atoms with van der Waals surface area (Å²) in [6.45, 7) is 4.08. The number of anilines is 1. The SMILES string of the molecule is O=C(CNCc1ccccn1)N1CCN(c2ccccn2)CC1. The molecule has 0 atom stereocenters. The quantitative estimate of drug-likeness (QED) is 0.889. The Kier molecular flexibility index (Phi) is 5.16. The number of rotatable bonds is 5. The Balaban J connectivity index is 1.41. The molecule has 3 heterocycles. The highest BCUT2D eigenvalue weighted by Gasteiger charge is 2.21. The van der Waals surface area contributed by atoms with E-state index in [4.69, 9.17) is 0 Å². The number of nitrogens with zero attached hydrogens (tertiary/aromatic N) is 4. The van der Waals surface area contributed by atoms with E-state index in [1.54, 1.807) is 12.4 Å². The molecule has 1 N–H and O–H groups in total. The zero-order valence-corrected chi connectivity index (χ0v) is 13.1. The molecule has 0 aliphatic carbocycles. The average Bonchev–Trinajstić information content (AvgIpc) is 2.63. The third kappa shape index (κ3) is 4.26. The van der Waals surface area contributed by atoms with Gasteiger partial charge in [0.2, 0.25) is 5.91 Å². The van der Waals surface area contributed by atoms with Gasteiger partial charge in [-0.05, 0) is 24.3 Å². The van der Waals surface area contributed by atoms with Gasteiger partial charge in [0.05, 0.1) is 12.2 Å². The molecular weight excluding hydrogens is 290 g/mol. The van der Waals surface area contributed by atoms with Gasteiger partial charge < -0.3 is 15.1 Å². The normalized spacial score (nSPS) is 14.8. The molecule has 1 aliphatic rings. The zero-order chi connectivity index (χ0) is 15.9. The van der Waals surface area contributed by atoms with Gasteiger partial charge in [0.25, 0.3) is 0 Å². The highest BCUT2D eigenvalue weighted by Crippen LogP contribution is 2.12. The lowest BCUT2D eigenvalue weighted by Gasteiger charge is -2.35. The second kappa shape index (κ2) is 7.69. The lowest BCUT2D eigenvalue weighted by atomic mass is 10.3. The molecule has 0 unspecified atom stereocenters. The molecule has 1 fully saturated rings. The van der Waals surface area contributed by atoms with E-state index in [1.165, 1.54) is 0 Å². The first-order chi connectivity index (χ1) is 11.3. The predicted octanol–water partition coefficient (Wildman–Crippen LogP) is 0.915. The van der Waals surface area contributed by atoms with Gasteiger partial charge in [-0.25, -0.2) is 4.98 Å². The summed E-state index contributed by atoms with van der Waals surface area (Å²) in [5.74, 6) is 1.12. The Bertz CT molecular complexity index is 611. The van der Waals surface area contributed by atoms with Crippen LogP contribution < -0.4 is 10.2 Å². The van der Waals surface area contributed by atoms with E-state index in [0.29, 0.717) is 13.1 Å². The highest BCUT2D eigenvalue weighted by atomic mass is 16.2. The van der Waals surface area contributed by atoms with E-state index >= 15 is 0 Å². The van der Waals surface area contributed by atoms with Crippen LogP contribution in [0.4, 0.5) is 5.82 Å². The molecule has 120 valence electrons. The molecule has 6 heteroatoms. The van der Waals surface area contributed by atoms with Crippen LogP contribution >= 0.6 is 0 Å². The standard InChI is InChI=1S/C17H21N5O/c23-17(14-18-13-15-5-1-3-7-19-15)22-11-9-21(10-12-22)16-6-2-4-8-20-16/h1-8,18H,9-14H2. The maximum Gasteiger partial charge on any atom is 0.236 e. The van der Waals surface area contributed by atoms with E-state index in [2.05, 4.69) is 20.2 Å². The minimum absolute atomic E-state index is 0.140. The van der Waals surface area contributed by atoms with Gasteiger partial charge in [0, 0.05) is 45.1 Å². The third-order valence-corrected chi connectivity index (χ3v) is 3.91. The number of hydrogen-bond acceptors (Lipinski definition) is 5. The molecule has 0 bridgehead atoms. The van der Waals surface area contributed by atoms with Crippen LogP contribution in [0, 0.1) is 0 Å². The molecule has 23 heavy (non-hydrogen) atoms. The fraction of sp³-hybridized carbons (Fsp3) is 0.353. The van der Waals surface area contributed by atoms with Crippen molar-refractivity contribution in [3.8, 4) is 0 Å². The highest BCUT2D eigenvalue weighted by molar-refractivity contribution is 5.78. The Morgan fingerprint density at radius 3 is 2.39 bits per heavy atom. The third-order valence-electron chi connectivity index (χ3n) is 3.91. The molecule has 6 nitrogen and oxygen atoms in total. The molecule has 1 amide bonds. The largest absolute Gasteiger partial charge is 0.353 e. The Morgan fingerprint density at radius 2 is 1.74 bits per heavy atom. The van der Waals surface area contributed by atoms with E-state index < -0.39 is 0 Å². The van der Waals surface area contributed by atoms with Crippen molar-refractivity contribution in [3.63, 3.8) is 0 Å². The van der Waals surface area contributed by atoms with Crippen LogP contribution in [0.25, 0.3) is 0 Å². The van der Waals surface area contributed by atoms with Gasteiger partial charge in [-0.15, -0.1) is 0 Å². The summed E-state index contributed by atoms with van der Waals surface area (Å²) >= 11 is 0. The fourth-order valence-corrected chi connectivity index (χ4v) is 2.64. The molecule has 1 saturated heterocycles. The summed E-state index contributed by atoms with van der Waals surface area (Å²) in [6, 6.07) is 11.7. The molecule has 0 aromatic carbocycles. The number of amides is 1. The van der Waals surface area contributed by atoms with Crippen LogP contribution in [0.15, 0.2) is 48.8 Å². The van der Waals surface area contributed by atoms with Crippen LogP contribution in [-0.2, 0) is 11.3 Å². The lowest BCUT2D eigenvalue weighted by molar-refractivity contribution is -0.130. The van der Waals surface area contributed by atoms with Crippen molar-refractivity contribution >= 4 is 11.7 Å². The monoisotopic (exact) mass is 311 g/mol. The second-order valence-electron chi connectivity index (χ2n) is 5.48. The van der Waals surface area contributed by atoms with Crippen LogP contribution in [0.5, 0.6) is 0 Å². The van der Waals surface area contributed by atoms with Gasteiger partial charge in [0.1, 0.15) is 5.82 Å². The number of hydrogen-bond donors (Lipinski definition) is 1. The first kappa shape index (κ1) is 15.4. The minimum atomic E-state index is 0.140. The molecule has 0 saturated carbocycles. The van der Waals surface area contributed by atoms with Crippen molar-refractivity contribution in [2.24, 2.45) is 0 Å². The molecule has 0 radical (unpaired) electrons. The van der Waals surface area contributed by atoms with Crippen molar-refractivity contribution in [2.75, 3.05) is 37.6 Å². The van der Waals surface area contributed by atoms with Gasteiger partial charge in [0.15, 0.2) is 0 Å². The van der Waals surface area contributed by atoms with Crippen molar-refractivity contribution < 1.29 is 4.79 Å². The van der Waals surface area contributed by atoms with Crippen molar-refractivity contribution in [1.29, 1.82) is 0 Å². The minimum Gasteiger partial charge on any atom is -0.353 e. The summed E-state index contributed by atoms with van der Waals surface area (Å²) < 4.78 is 0. The van der Waals surface area contributed by atoms with Crippen LogP contribution in [-0.4, -0.2) is 53.5 Å². The average molecular weight is 311 g/mol. The number of carbonyl (C=O) groups excluding carboxylic acids is 1. The first-order valence-corrected chi connectivity index (χ1v) is 7.87. The summed E-state index contributed by atoms with van der Waals surface area (Å²) in [4.78, 5) is 25.0. The smallest absolute Gasteiger partial charge is 0.236 e. The van der Waals surface area contributed by atoms with Gasteiger partial charge in [-0.3, -0.25) is 9.78 Å². The number of piperazine rings is 1. The van der Waals surface area contributed by atoms with Crippen molar-refractivity contribution in [1.82, 2.24) is 20.2 Å². The van der Waals surface area contributed by atoms with Crippen molar-refractivity contribution in [2.45, 2.75) is 6.54 Å². The topological polar surface area (TPSA) is 61.4 Å². The second-order valence-corrected chi connectivity index (χ2v) is 5.48. The maximum absolute atomic E-state index is 12.2. The van der Waals surface area contributed by atoms with E-state index in [1.807, 2.05) is 41.3 Å². The zero-order valence-electron chi connectivity index (χ0n) is 13.1. The van der Waals surface area contributed by atoms with E-state index in [-0.39, 0.29) is 5.91 Å². The molecule has 2 aromatic heterocycles. The summed E-state index contributed by atoms with van der Waals surface area (Å²) in [5, 5.41) is 3.16. The lowest BCUT2D eigenvalue weighted by Crippen LogP contribution is -2.51. The number of aromatic nitrogens is 2. The molecule has 0 spiro atoms. The van der Waals surface area contributed by atoms with E-state index in [9.17, 15) is 4.79 Å². The first-order valence-electron chi connectivity index (χ1n) is 7.87. The van der Waals surface area contributed by atoms with E-state index in [0.717, 1.165) is 37.7 Å². The summed E-state index contributed by atoms with van der Waals surface area (Å²) in [7, 11) is 0. The molecule has 1 aliphatic heterocycles. The van der Waals surface area contributed by atoms with Crippen LogP contribution in [0.2, 0.25) is 0 Å². The van der Waals surface area contributed by atoms with Gasteiger partial charge >= 0.3 is 0 Å². The summed E-state index contributed by atoms with van der Waals surface area (Å²) in [6.07, 6.45) is 3.56. The number of nitrogens with one attached hydrogen (secondary N) is 1. The van der Waals surface area contributed by atoms with Crippen molar-refractivity contribution in [3.05, 3.63) is 54.5 Å². The Labute approximate surface area is 136 Å². The molecule has 3 rings (SSSR count). The summed E-state index contributed by atoms with van der Waals surface area (Å²) in [5.41, 5.74) is 0.945.